The molecule has 1 saturated heterocycles. The number of hydrogen-bond acceptors (Lipinski definition) is 7. The van der Waals surface area contributed by atoms with Crippen LogP contribution in [0.3, 0.4) is 0 Å². The normalized spacial score (nSPS) is 18.2. The van der Waals surface area contributed by atoms with Gasteiger partial charge in [-0.2, -0.15) is 19.0 Å². The number of hydrogen-bond donors (Lipinski definition) is 3. The number of ether oxygens (including phenoxy) is 1. The van der Waals surface area contributed by atoms with Gasteiger partial charge in [0, 0.05) is 35.7 Å². The number of benzene rings is 1. The minimum absolute atomic E-state index is 0.159. The van der Waals surface area contributed by atoms with Gasteiger partial charge in [-0.25, -0.2) is 9.50 Å². The molecule has 3 N–H and O–H groups in total. The van der Waals surface area contributed by atoms with Crippen molar-refractivity contribution < 1.29 is 23.4 Å². The zero-order chi connectivity index (χ0) is 24.5. The van der Waals surface area contributed by atoms with E-state index in [1.165, 1.54) is 39.8 Å². The number of nitrogens with zero attached hydrogens (tertiary/aromatic N) is 5. The number of carbonyl (C=O) groups is 1. The molecular weight excluding hydrogens is 484 g/mol. The Hall–Kier alpha value is -3.61. The number of β-amino-alcohol motifs (C(OH)–C–C–N with tert-alkyl or cyclic N) is 1. The lowest BCUT2D eigenvalue weighted by Crippen LogP contribution is -2.41. The standard InChI is InChI=1S/C22H20ClF2N7O3/c23-12-2-3-18(35-22(24)25)13(8-12)19-15(11-32(30-19)16-4-6-26-10-17(16)33)29-21(34)14-9-28-31-7-1-5-27-20(14)31/h1-3,5,7-9,11,16-17,22,26,33H,4,6,10H2,(H,29,34). The second-order valence-corrected chi connectivity index (χ2v) is 8.35. The second kappa shape index (κ2) is 9.56. The van der Waals surface area contributed by atoms with Gasteiger partial charge in [0.25, 0.3) is 5.91 Å². The first-order chi connectivity index (χ1) is 16.9. The van der Waals surface area contributed by atoms with Crippen LogP contribution in [-0.2, 0) is 0 Å². The molecule has 1 aliphatic heterocycles. The molecule has 1 aromatic carbocycles. The first-order valence-corrected chi connectivity index (χ1v) is 11.1. The van der Waals surface area contributed by atoms with Gasteiger partial charge in [0.1, 0.15) is 17.0 Å². The van der Waals surface area contributed by atoms with Crippen molar-refractivity contribution in [2.24, 2.45) is 0 Å². The van der Waals surface area contributed by atoms with Crippen LogP contribution < -0.4 is 15.4 Å². The minimum atomic E-state index is -3.08. The van der Waals surface area contributed by atoms with Crippen LogP contribution in [-0.4, -0.2) is 61.2 Å². The van der Waals surface area contributed by atoms with Crippen molar-refractivity contribution in [2.45, 2.75) is 25.2 Å². The Morgan fingerprint density at radius 3 is 3.03 bits per heavy atom. The van der Waals surface area contributed by atoms with Crippen LogP contribution in [0.1, 0.15) is 22.8 Å². The maximum Gasteiger partial charge on any atom is 0.387 e. The summed E-state index contributed by atoms with van der Waals surface area (Å²) in [5.74, 6) is -0.683. The first kappa shape index (κ1) is 23.1. The van der Waals surface area contributed by atoms with Crippen LogP contribution in [0.25, 0.3) is 16.9 Å². The number of piperidine rings is 1. The lowest BCUT2D eigenvalue weighted by atomic mass is 10.0. The molecule has 2 atom stereocenters. The molecule has 0 bridgehead atoms. The third kappa shape index (κ3) is 4.67. The molecule has 2 unspecified atom stereocenters. The van der Waals surface area contributed by atoms with E-state index in [0.29, 0.717) is 25.2 Å². The van der Waals surface area contributed by atoms with E-state index in [1.807, 2.05) is 0 Å². The molecule has 4 aromatic rings. The summed E-state index contributed by atoms with van der Waals surface area (Å²) in [6.45, 7) is -2.05. The van der Waals surface area contributed by atoms with E-state index in [9.17, 15) is 18.7 Å². The zero-order valence-electron chi connectivity index (χ0n) is 18.1. The summed E-state index contributed by atoms with van der Waals surface area (Å²) < 4.78 is 33.9. The van der Waals surface area contributed by atoms with Crippen LogP contribution in [0.5, 0.6) is 5.75 Å². The maximum atomic E-state index is 13.2. The summed E-state index contributed by atoms with van der Waals surface area (Å²) in [6.07, 6.45) is 5.96. The summed E-state index contributed by atoms with van der Waals surface area (Å²) in [4.78, 5) is 17.4. The van der Waals surface area contributed by atoms with Crippen LogP contribution in [0.2, 0.25) is 5.02 Å². The molecular formula is C22H20ClF2N7O3. The molecule has 0 aliphatic carbocycles. The van der Waals surface area contributed by atoms with Gasteiger partial charge >= 0.3 is 6.61 Å². The number of fused-ring (bicyclic) bond motifs is 1. The van der Waals surface area contributed by atoms with Crippen LogP contribution in [0.4, 0.5) is 14.5 Å². The molecule has 1 fully saturated rings. The van der Waals surface area contributed by atoms with Gasteiger partial charge in [0.05, 0.1) is 24.0 Å². The molecule has 4 heterocycles. The van der Waals surface area contributed by atoms with Gasteiger partial charge < -0.3 is 20.5 Å². The van der Waals surface area contributed by atoms with E-state index in [-0.39, 0.29) is 33.3 Å². The predicted molar refractivity (Wildman–Crippen MR) is 123 cm³/mol. The van der Waals surface area contributed by atoms with Gasteiger partial charge in [-0.3, -0.25) is 9.48 Å². The van der Waals surface area contributed by atoms with Gasteiger partial charge in [0.2, 0.25) is 0 Å². The highest BCUT2D eigenvalue weighted by Crippen LogP contribution is 2.38. The van der Waals surface area contributed by atoms with E-state index >= 15 is 0 Å². The Morgan fingerprint density at radius 2 is 2.23 bits per heavy atom. The SMILES string of the molecule is O=C(Nc1cn(C2CCNCC2O)nc1-c1cc(Cl)ccc1OC(F)F)c1cnn2cccnc12. The highest BCUT2D eigenvalue weighted by molar-refractivity contribution is 6.31. The Bertz CT molecular complexity index is 1380. The molecule has 13 heteroatoms. The number of carbonyl (C=O) groups excluding carboxylic acids is 1. The fourth-order valence-electron chi connectivity index (χ4n) is 4.05. The predicted octanol–water partition coefficient (Wildman–Crippen LogP) is 3.00. The van der Waals surface area contributed by atoms with Crippen LogP contribution in [0, 0.1) is 0 Å². The summed E-state index contributed by atoms with van der Waals surface area (Å²) in [6, 6.07) is 5.44. The van der Waals surface area contributed by atoms with Crippen molar-refractivity contribution in [2.75, 3.05) is 18.4 Å². The number of nitrogens with one attached hydrogen (secondary N) is 2. The third-order valence-electron chi connectivity index (χ3n) is 5.67. The number of aliphatic hydroxyl groups excluding tert-OH is 1. The molecule has 3 aromatic heterocycles. The van der Waals surface area contributed by atoms with Crippen LogP contribution >= 0.6 is 11.6 Å². The van der Waals surface area contributed by atoms with Gasteiger partial charge in [-0.1, -0.05) is 11.6 Å². The van der Waals surface area contributed by atoms with Crippen molar-refractivity contribution in [3.63, 3.8) is 0 Å². The van der Waals surface area contributed by atoms with E-state index in [2.05, 4.69) is 30.6 Å². The van der Waals surface area contributed by atoms with Crippen molar-refractivity contribution in [1.82, 2.24) is 29.7 Å². The first-order valence-electron chi connectivity index (χ1n) is 10.7. The van der Waals surface area contributed by atoms with Crippen molar-refractivity contribution in [3.8, 4) is 17.0 Å². The molecule has 1 amide bonds. The van der Waals surface area contributed by atoms with Crippen molar-refractivity contribution in [1.29, 1.82) is 0 Å². The smallest absolute Gasteiger partial charge is 0.387 e. The lowest BCUT2D eigenvalue weighted by Gasteiger charge is -2.28. The fraction of sp³-hybridized carbons (Fsp3) is 0.273. The fourth-order valence-corrected chi connectivity index (χ4v) is 4.22. The van der Waals surface area contributed by atoms with E-state index in [0.717, 1.165) is 0 Å². The molecule has 1 aliphatic rings. The number of aromatic nitrogens is 5. The van der Waals surface area contributed by atoms with E-state index in [4.69, 9.17) is 11.6 Å². The van der Waals surface area contributed by atoms with Gasteiger partial charge in [-0.05, 0) is 37.2 Å². The highest BCUT2D eigenvalue weighted by atomic mass is 35.5. The average molecular weight is 504 g/mol. The highest BCUT2D eigenvalue weighted by Gasteiger charge is 2.28. The number of aliphatic hydroxyl groups is 1. The van der Waals surface area contributed by atoms with E-state index in [1.54, 1.807) is 18.5 Å². The number of amides is 1. The topological polar surface area (TPSA) is 119 Å². The van der Waals surface area contributed by atoms with Crippen molar-refractivity contribution in [3.05, 3.63) is 59.6 Å². The van der Waals surface area contributed by atoms with Crippen LogP contribution in [0.15, 0.2) is 49.1 Å². The Labute approximate surface area is 202 Å². The summed E-state index contributed by atoms with van der Waals surface area (Å²) in [5.41, 5.74) is 1.09. The number of anilines is 1. The molecule has 182 valence electrons. The Kier molecular flexibility index (Phi) is 6.32. The Balaban J connectivity index is 1.58. The number of rotatable bonds is 6. The number of alkyl halides is 2. The molecule has 5 rings (SSSR count). The number of halogens is 3. The molecule has 0 saturated carbocycles. The summed E-state index contributed by atoms with van der Waals surface area (Å²) >= 11 is 6.15. The monoisotopic (exact) mass is 503 g/mol. The molecule has 0 spiro atoms. The van der Waals surface area contributed by atoms with Gasteiger partial charge in [0.15, 0.2) is 5.65 Å². The average Bonchev–Trinajstić information content (AvgIpc) is 3.45. The van der Waals surface area contributed by atoms with Gasteiger partial charge in [-0.15, -0.1) is 0 Å². The molecule has 0 radical (unpaired) electrons. The zero-order valence-corrected chi connectivity index (χ0v) is 18.9. The largest absolute Gasteiger partial charge is 0.434 e. The summed E-state index contributed by atoms with van der Waals surface area (Å²) in [7, 11) is 0. The minimum Gasteiger partial charge on any atom is -0.434 e. The second-order valence-electron chi connectivity index (χ2n) is 7.92. The molecule has 35 heavy (non-hydrogen) atoms. The Morgan fingerprint density at radius 1 is 1.37 bits per heavy atom. The summed E-state index contributed by atoms with van der Waals surface area (Å²) in [5, 5.41) is 25.3. The molecule has 10 nitrogen and oxygen atoms in total. The third-order valence-corrected chi connectivity index (χ3v) is 5.91. The lowest BCUT2D eigenvalue weighted by molar-refractivity contribution is -0.0494. The quantitative estimate of drug-likeness (QED) is 0.370. The van der Waals surface area contributed by atoms with E-state index < -0.39 is 24.7 Å². The maximum absolute atomic E-state index is 13.2. The van der Waals surface area contributed by atoms with Crippen molar-refractivity contribution >= 4 is 28.8 Å².